The molecule has 0 aliphatic heterocycles. The number of quaternary nitrogens is 1. The van der Waals surface area contributed by atoms with Gasteiger partial charge in [0.15, 0.2) is 0 Å². The normalized spacial score (nSPS) is 13.4. The molecule has 0 fully saturated rings. The lowest BCUT2D eigenvalue weighted by Gasteiger charge is -2.27. The van der Waals surface area contributed by atoms with E-state index in [1.807, 2.05) is 7.05 Å². The highest BCUT2D eigenvalue weighted by atomic mass is 15.4. The second kappa shape index (κ2) is 4.34. The predicted octanol–water partition coefficient (Wildman–Crippen LogP) is 1.03. The Labute approximate surface area is 69.7 Å². The molecule has 0 spiro atoms. The summed E-state index contributed by atoms with van der Waals surface area (Å²) in [5.74, 6) is 1.19. The zero-order valence-corrected chi connectivity index (χ0v) is 8.31. The van der Waals surface area contributed by atoms with Crippen molar-refractivity contribution >= 4 is 5.84 Å². The lowest BCUT2D eigenvalue weighted by Crippen LogP contribution is -2.45. The molecule has 66 valence electrons. The molecule has 0 aliphatic carbocycles. The summed E-state index contributed by atoms with van der Waals surface area (Å²) in [7, 11) is 6.17. The molecule has 0 amide bonds. The van der Waals surface area contributed by atoms with Crippen molar-refractivity contribution in [1.82, 2.24) is 5.43 Å². The lowest BCUT2D eigenvalue weighted by atomic mass is 10.3. The van der Waals surface area contributed by atoms with Gasteiger partial charge < -0.3 is 5.43 Å². The van der Waals surface area contributed by atoms with Crippen molar-refractivity contribution in [3.63, 3.8) is 0 Å². The standard InChI is InChI=1S/C8H20N3/c1-6-8(10-9-3)11(4,5)7-2/h9H,6-7H2,1-5H3/q+1/b10-8-. The highest BCUT2D eigenvalue weighted by Crippen LogP contribution is 2.02. The van der Waals surface area contributed by atoms with E-state index in [2.05, 4.69) is 38.5 Å². The molecule has 0 rings (SSSR count). The van der Waals surface area contributed by atoms with Gasteiger partial charge in [0.2, 0.25) is 5.84 Å². The van der Waals surface area contributed by atoms with Crippen LogP contribution in [0, 0.1) is 0 Å². The molecule has 1 N–H and O–H groups in total. The largest absolute Gasteiger partial charge is 0.308 e. The fourth-order valence-corrected chi connectivity index (χ4v) is 0.954. The van der Waals surface area contributed by atoms with Crippen molar-refractivity contribution in [2.45, 2.75) is 20.3 Å². The SMILES string of the molecule is CC/C(=N/NC)[N+](C)(C)CC. The minimum atomic E-state index is 0.872. The summed E-state index contributed by atoms with van der Waals surface area (Å²) in [6, 6.07) is 0. The molecule has 0 aliphatic rings. The topological polar surface area (TPSA) is 24.4 Å². The molecule has 0 heterocycles. The summed E-state index contributed by atoms with van der Waals surface area (Å²) in [5, 5.41) is 4.22. The number of nitrogens with zero attached hydrogens (tertiary/aromatic N) is 2. The third-order valence-corrected chi connectivity index (χ3v) is 2.05. The maximum absolute atomic E-state index is 4.22. The molecule has 0 aromatic heterocycles. The molecule has 3 heteroatoms. The molecule has 0 saturated carbocycles. The highest BCUT2D eigenvalue weighted by molar-refractivity contribution is 5.74. The van der Waals surface area contributed by atoms with Crippen molar-refractivity contribution in [1.29, 1.82) is 0 Å². The van der Waals surface area contributed by atoms with Crippen molar-refractivity contribution in [3.05, 3.63) is 0 Å². The van der Waals surface area contributed by atoms with Gasteiger partial charge in [0, 0.05) is 13.5 Å². The van der Waals surface area contributed by atoms with E-state index in [1.54, 1.807) is 0 Å². The van der Waals surface area contributed by atoms with Gasteiger partial charge in [-0.05, 0) is 6.92 Å². The molecular formula is C8H20N3+. The summed E-state index contributed by atoms with van der Waals surface area (Å²) in [6.07, 6.45) is 1.00. The fourth-order valence-electron chi connectivity index (χ4n) is 0.954. The number of rotatable bonds is 3. The van der Waals surface area contributed by atoms with Gasteiger partial charge in [-0.3, -0.25) is 4.48 Å². The Balaban J connectivity index is 4.36. The quantitative estimate of drug-likeness (QED) is 0.282. The van der Waals surface area contributed by atoms with E-state index in [0.29, 0.717) is 0 Å². The first-order valence-electron chi connectivity index (χ1n) is 4.15. The molecule has 11 heavy (non-hydrogen) atoms. The van der Waals surface area contributed by atoms with Crippen LogP contribution in [0.3, 0.4) is 0 Å². The summed E-state index contributed by atoms with van der Waals surface area (Å²) in [4.78, 5) is 0. The summed E-state index contributed by atoms with van der Waals surface area (Å²) < 4.78 is 0.872. The average molecular weight is 158 g/mol. The molecule has 0 aromatic carbocycles. The average Bonchev–Trinajstić information content (AvgIpc) is 2.00. The van der Waals surface area contributed by atoms with Crippen LogP contribution in [-0.2, 0) is 0 Å². The zero-order valence-electron chi connectivity index (χ0n) is 8.31. The smallest absolute Gasteiger partial charge is 0.219 e. The van der Waals surface area contributed by atoms with E-state index in [0.717, 1.165) is 17.4 Å². The molecular weight excluding hydrogens is 138 g/mol. The van der Waals surface area contributed by atoms with E-state index in [-0.39, 0.29) is 0 Å². The van der Waals surface area contributed by atoms with Crippen LogP contribution in [0.15, 0.2) is 5.10 Å². The van der Waals surface area contributed by atoms with Crippen molar-refractivity contribution in [2.75, 3.05) is 27.7 Å². The van der Waals surface area contributed by atoms with E-state index in [1.165, 1.54) is 5.84 Å². The fraction of sp³-hybridized carbons (Fsp3) is 0.875. The zero-order chi connectivity index (χ0) is 8.91. The Morgan fingerprint density at radius 3 is 2.18 bits per heavy atom. The minimum Gasteiger partial charge on any atom is -0.308 e. The maximum Gasteiger partial charge on any atom is 0.219 e. The van der Waals surface area contributed by atoms with E-state index in [9.17, 15) is 0 Å². The Morgan fingerprint density at radius 1 is 1.36 bits per heavy atom. The molecule has 0 radical (unpaired) electrons. The second-order valence-electron chi connectivity index (χ2n) is 3.11. The first-order valence-corrected chi connectivity index (χ1v) is 4.15. The van der Waals surface area contributed by atoms with Gasteiger partial charge in [-0.15, -0.1) is 5.10 Å². The first-order chi connectivity index (χ1) is 5.08. The first kappa shape index (κ1) is 10.4. The van der Waals surface area contributed by atoms with Gasteiger partial charge in [0.25, 0.3) is 0 Å². The van der Waals surface area contributed by atoms with Crippen molar-refractivity contribution in [3.8, 4) is 0 Å². The van der Waals surface area contributed by atoms with Crippen LogP contribution in [0.4, 0.5) is 0 Å². The van der Waals surface area contributed by atoms with Crippen molar-refractivity contribution < 1.29 is 4.48 Å². The van der Waals surface area contributed by atoms with Crippen LogP contribution in [0.2, 0.25) is 0 Å². The van der Waals surface area contributed by atoms with E-state index < -0.39 is 0 Å². The van der Waals surface area contributed by atoms with Gasteiger partial charge in [-0.2, -0.15) is 0 Å². The van der Waals surface area contributed by atoms with Crippen LogP contribution < -0.4 is 5.43 Å². The lowest BCUT2D eigenvalue weighted by molar-refractivity contribution is -0.798. The van der Waals surface area contributed by atoms with E-state index in [4.69, 9.17) is 0 Å². The molecule has 0 unspecified atom stereocenters. The Morgan fingerprint density at radius 2 is 1.91 bits per heavy atom. The molecule has 0 aromatic rings. The van der Waals surface area contributed by atoms with Crippen LogP contribution in [0.1, 0.15) is 20.3 Å². The summed E-state index contributed by atoms with van der Waals surface area (Å²) in [6.45, 7) is 5.38. The van der Waals surface area contributed by atoms with Gasteiger partial charge >= 0.3 is 0 Å². The Kier molecular flexibility index (Phi) is 4.11. The van der Waals surface area contributed by atoms with Gasteiger partial charge in [0.05, 0.1) is 20.6 Å². The van der Waals surface area contributed by atoms with Crippen LogP contribution in [0.25, 0.3) is 0 Å². The van der Waals surface area contributed by atoms with Crippen molar-refractivity contribution in [2.24, 2.45) is 5.10 Å². The Hall–Kier alpha value is -0.570. The third kappa shape index (κ3) is 2.89. The number of amidine groups is 1. The Bertz CT molecular complexity index is 138. The maximum atomic E-state index is 4.22. The molecule has 3 nitrogen and oxygen atoms in total. The number of hydrogen-bond acceptors (Lipinski definition) is 2. The van der Waals surface area contributed by atoms with Gasteiger partial charge in [0.1, 0.15) is 0 Å². The highest BCUT2D eigenvalue weighted by Gasteiger charge is 2.19. The van der Waals surface area contributed by atoms with Gasteiger partial charge in [-0.25, -0.2) is 0 Å². The predicted molar refractivity (Wildman–Crippen MR) is 49.4 cm³/mol. The summed E-state index contributed by atoms with van der Waals surface area (Å²) in [5.41, 5.74) is 2.83. The number of nitrogens with one attached hydrogen (secondary N) is 1. The van der Waals surface area contributed by atoms with Crippen LogP contribution >= 0.6 is 0 Å². The monoisotopic (exact) mass is 158 g/mol. The van der Waals surface area contributed by atoms with Gasteiger partial charge in [-0.1, -0.05) is 6.92 Å². The van der Waals surface area contributed by atoms with E-state index >= 15 is 0 Å². The summed E-state index contributed by atoms with van der Waals surface area (Å²) >= 11 is 0. The van der Waals surface area contributed by atoms with Crippen LogP contribution in [-0.4, -0.2) is 38.0 Å². The second-order valence-corrected chi connectivity index (χ2v) is 3.11. The molecule has 0 saturated heterocycles. The van der Waals surface area contributed by atoms with Crippen LogP contribution in [0.5, 0.6) is 0 Å². The number of hydrogen-bond donors (Lipinski definition) is 1. The number of hydrazone groups is 1. The molecule has 0 bridgehead atoms. The third-order valence-electron chi connectivity index (χ3n) is 2.05. The minimum absolute atomic E-state index is 0.872. The molecule has 0 atom stereocenters.